The summed E-state index contributed by atoms with van der Waals surface area (Å²) >= 11 is 0. The molecule has 0 spiro atoms. The topological polar surface area (TPSA) is 93.7 Å². The van der Waals surface area contributed by atoms with Gasteiger partial charge in [-0.3, -0.25) is 0 Å². The molecule has 0 aliphatic carbocycles. The number of anilines is 3. The van der Waals surface area contributed by atoms with Crippen LogP contribution < -0.4 is 15.0 Å². The molecular formula is C22H22F3N5O3S. The second-order valence-electron chi connectivity index (χ2n) is 7.51. The van der Waals surface area contributed by atoms with Crippen LogP contribution in [0, 0.1) is 0 Å². The number of ether oxygens (including phenoxy) is 1. The van der Waals surface area contributed by atoms with Gasteiger partial charge < -0.3 is 19.5 Å². The maximum atomic E-state index is 13.0. The molecule has 34 heavy (non-hydrogen) atoms. The zero-order chi connectivity index (χ0) is 24.3. The Bertz CT molecular complexity index is 1180. The first-order valence-corrected chi connectivity index (χ1v) is 11.8. The highest BCUT2D eigenvalue weighted by Crippen LogP contribution is 2.32. The lowest BCUT2D eigenvalue weighted by atomic mass is 10.2. The van der Waals surface area contributed by atoms with Crippen molar-refractivity contribution in [2.75, 3.05) is 43.5 Å². The summed E-state index contributed by atoms with van der Waals surface area (Å²) < 4.78 is 71.1. The van der Waals surface area contributed by atoms with Crippen molar-refractivity contribution in [3.05, 3.63) is 66.4 Å². The summed E-state index contributed by atoms with van der Waals surface area (Å²) in [7, 11) is -2.47. The van der Waals surface area contributed by atoms with Crippen LogP contribution in [0.2, 0.25) is 0 Å². The number of hydrogen-bond donors (Lipinski definition) is 1. The summed E-state index contributed by atoms with van der Waals surface area (Å²) in [6.45, 7) is 0.782. The number of halogens is 3. The van der Waals surface area contributed by atoms with Gasteiger partial charge in [0.05, 0.1) is 25.8 Å². The Labute approximate surface area is 195 Å². The monoisotopic (exact) mass is 493 g/mol. The quantitative estimate of drug-likeness (QED) is 0.520. The molecule has 12 heteroatoms. The molecule has 1 aromatic heterocycles. The van der Waals surface area contributed by atoms with Crippen molar-refractivity contribution in [2.24, 2.45) is 0 Å². The van der Waals surface area contributed by atoms with E-state index in [1.54, 1.807) is 19.4 Å². The maximum absolute atomic E-state index is 13.0. The second-order valence-corrected chi connectivity index (χ2v) is 9.45. The summed E-state index contributed by atoms with van der Waals surface area (Å²) in [5.74, 6) is 1.72. The molecule has 0 amide bonds. The van der Waals surface area contributed by atoms with E-state index in [1.165, 1.54) is 10.4 Å². The molecule has 0 saturated carbocycles. The van der Waals surface area contributed by atoms with Crippen LogP contribution in [0.25, 0.3) is 0 Å². The van der Waals surface area contributed by atoms with E-state index in [1.807, 2.05) is 29.2 Å². The third kappa shape index (κ3) is 5.29. The summed E-state index contributed by atoms with van der Waals surface area (Å²) in [5.41, 5.74) is -0.191. The zero-order valence-electron chi connectivity index (χ0n) is 18.2. The highest BCUT2D eigenvalue weighted by molar-refractivity contribution is 7.95. The third-order valence-corrected chi connectivity index (χ3v) is 7.22. The van der Waals surface area contributed by atoms with Crippen molar-refractivity contribution < 1.29 is 26.7 Å². The second kappa shape index (κ2) is 9.57. The summed E-state index contributed by atoms with van der Waals surface area (Å²) in [6.07, 6.45) is -3.02. The van der Waals surface area contributed by atoms with Crippen molar-refractivity contribution in [2.45, 2.75) is 11.1 Å². The van der Waals surface area contributed by atoms with Gasteiger partial charge in [0, 0.05) is 31.0 Å². The lowest BCUT2D eigenvalue weighted by Gasteiger charge is -2.35. The lowest BCUT2D eigenvalue weighted by molar-refractivity contribution is -0.137. The Kier molecular flexibility index (Phi) is 6.73. The van der Waals surface area contributed by atoms with Crippen molar-refractivity contribution >= 4 is 27.9 Å². The van der Waals surface area contributed by atoms with Crippen LogP contribution in [0.15, 0.2) is 65.7 Å². The van der Waals surface area contributed by atoms with Gasteiger partial charge >= 0.3 is 6.18 Å². The third-order valence-electron chi connectivity index (χ3n) is 5.33. The fourth-order valence-corrected chi connectivity index (χ4v) is 4.97. The summed E-state index contributed by atoms with van der Waals surface area (Å²) in [6, 6.07) is 12.8. The van der Waals surface area contributed by atoms with E-state index in [0.717, 1.165) is 23.6 Å². The molecule has 2 aromatic carbocycles. The predicted molar refractivity (Wildman–Crippen MR) is 121 cm³/mol. The molecular weight excluding hydrogens is 471 g/mol. The number of benzene rings is 2. The minimum atomic E-state index is -4.62. The van der Waals surface area contributed by atoms with Gasteiger partial charge in [0.2, 0.25) is 5.95 Å². The molecule has 4 rings (SSSR count). The van der Waals surface area contributed by atoms with Crippen LogP contribution in [-0.2, 0) is 20.8 Å². The Balaban J connectivity index is 1.42. The zero-order valence-corrected chi connectivity index (χ0v) is 19.0. The van der Waals surface area contributed by atoms with Gasteiger partial charge in [-0.25, -0.2) is 4.98 Å². The molecule has 1 saturated heterocycles. The van der Waals surface area contributed by atoms with Gasteiger partial charge in [0.1, 0.15) is 11.6 Å². The number of nitrogens with one attached hydrogen (secondary N) is 1. The first-order chi connectivity index (χ1) is 16.2. The highest BCUT2D eigenvalue weighted by atomic mass is 32.3. The largest absolute Gasteiger partial charge is 0.593 e. The summed E-state index contributed by atoms with van der Waals surface area (Å²) in [5, 5.41) is 3.18. The first-order valence-electron chi connectivity index (χ1n) is 10.3. The smallest absolute Gasteiger partial charge is 0.416 e. The molecule has 1 aliphatic rings. The van der Waals surface area contributed by atoms with Gasteiger partial charge in [-0.15, -0.1) is 4.31 Å². The van der Waals surface area contributed by atoms with Crippen LogP contribution in [0.4, 0.5) is 30.6 Å². The molecule has 1 aliphatic heterocycles. The first kappa shape index (κ1) is 23.9. The van der Waals surface area contributed by atoms with Crippen LogP contribution >= 0.6 is 0 Å². The number of nitrogens with zero attached hydrogens (tertiary/aromatic N) is 4. The Morgan fingerprint density at radius 1 is 1.06 bits per heavy atom. The fourth-order valence-electron chi connectivity index (χ4n) is 3.50. The molecule has 180 valence electrons. The van der Waals surface area contributed by atoms with Gasteiger partial charge in [-0.2, -0.15) is 18.2 Å². The lowest BCUT2D eigenvalue weighted by Crippen LogP contribution is -2.51. The number of methoxy groups -OCH3 is 1. The highest BCUT2D eigenvalue weighted by Gasteiger charge is 2.37. The Morgan fingerprint density at radius 3 is 2.41 bits per heavy atom. The normalized spacial score (nSPS) is 16.7. The van der Waals surface area contributed by atoms with Gasteiger partial charge in [0.25, 0.3) is 0 Å². The molecule has 1 unspecified atom stereocenters. The van der Waals surface area contributed by atoms with Crippen LogP contribution in [0.1, 0.15) is 5.56 Å². The Hall–Kier alpha value is -3.22. The van der Waals surface area contributed by atoms with E-state index in [2.05, 4.69) is 15.3 Å². The van der Waals surface area contributed by atoms with Crippen LogP contribution in [0.3, 0.4) is 0 Å². The fraction of sp³-hybridized carbons (Fsp3) is 0.273. The average molecular weight is 494 g/mol. The van der Waals surface area contributed by atoms with E-state index in [-0.39, 0.29) is 18.0 Å². The predicted octanol–water partition coefficient (Wildman–Crippen LogP) is 3.97. The number of alkyl halides is 3. The van der Waals surface area contributed by atoms with E-state index in [0.29, 0.717) is 30.9 Å². The Morgan fingerprint density at radius 2 is 1.76 bits per heavy atom. The molecule has 3 aromatic rings. The maximum Gasteiger partial charge on any atom is 0.416 e. The molecule has 1 fully saturated rings. The molecule has 1 atom stereocenters. The number of sulfonamides is 1. The minimum Gasteiger partial charge on any atom is -0.593 e. The van der Waals surface area contributed by atoms with E-state index < -0.39 is 22.1 Å². The molecule has 0 radical (unpaired) electrons. The van der Waals surface area contributed by atoms with Gasteiger partial charge in [-0.05, 0) is 42.5 Å². The summed E-state index contributed by atoms with van der Waals surface area (Å²) in [4.78, 5) is 10.2. The van der Waals surface area contributed by atoms with Crippen LogP contribution in [0.5, 0.6) is 5.75 Å². The van der Waals surface area contributed by atoms with Crippen molar-refractivity contribution in [1.29, 1.82) is 0 Å². The number of hydrogen-bond acceptors (Lipinski definition) is 7. The number of piperazine rings is 1. The van der Waals surface area contributed by atoms with E-state index >= 15 is 0 Å². The van der Waals surface area contributed by atoms with Crippen molar-refractivity contribution in [3.63, 3.8) is 0 Å². The molecule has 1 N–H and O–H groups in total. The SMILES string of the molecule is COc1ccc(Nc2ccnc(N3CCN([S+](=O)([O-])c4cccc(C(F)(F)F)c4)CC3)n2)cc1. The van der Waals surface area contributed by atoms with E-state index in [9.17, 15) is 21.9 Å². The van der Waals surface area contributed by atoms with Crippen molar-refractivity contribution in [3.8, 4) is 5.75 Å². The molecule has 0 bridgehead atoms. The minimum absolute atomic E-state index is 0.0953. The number of aromatic nitrogens is 2. The van der Waals surface area contributed by atoms with Crippen molar-refractivity contribution in [1.82, 2.24) is 14.3 Å². The van der Waals surface area contributed by atoms with Gasteiger partial charge in [-0.1, -0.05) is 10.3 Å². The van der Waals surface area contributed by atoms with Gasteiger partial charge in [0.15, 0.2) is 15.3 Å². The molecule has 2 heterocycles. The van der Waals surface area contributed by atoms with E-state index in [4.69, 9.17) is 4.74 Å². The average Bonchev–Trinajstić information content (AvgIpc) is 2.84. The molecule has 8 nitrogen and oxygen atoms in total. The standard InChI is InChI=1S/C22H22F3N5O3S/c1-33-18-7-5-17(6-8-18)27-20-9-10-26-21(28-20)29-11-13-30(14-12-29)34(31,32)19-4-2-3-16(15-19)22(23,24)25/h2-10,15H,11-14H2,1H3,(H-,26,27,28,31,32). The number of rotatable bonds is 6. The van der Waals surface area contributed by atoms with Crippen LogP contribution in [-0.4, -0.2) is 52.1 Å².